The van der Waals surface area contributed by atoms with Crippen LogP contribution in [0.25, 0.3) is 0 Å². The van der Waals surface area contributed by atoms with E-state index in [4.69, 9.17) is 4.42 Å². The Morgan fingerprint density at radius 2 is 2.27 bits per heavy atom. The van der Waals surface area contributed by atoms with Crippen LogP contribution < -0.4 is 5.32 Å². The minimum Gasteiger partial charge on any atom is -0.466 e. The highest BCUT2D eigenvalue weighted by Gasteiger charge is 2.53. The highest BCUT2D eigenvalue weighted by Crippen LogP contribution is 2.54. The molecule has 2 atom stereocenters. The monoisotopic (exact) mass is 205 g/mol. The molecule has 2 nitrogen and oxygen atoms in total. The van der Waals surface area contributed by atoms with Gasteiger partial charge in [-0.1, -0.05) is 6.92 Å². The number of hydrogen-bond donors (Lipinski definition) is 1. The lowest BCUT2D eigenvalue weighted by Gasteiger charge is -2.08. The molecule has 3 rings (SSSR count). The molecule has 2 unspecified atom stereocenters. The van der Waals surface area contributed by atoms with E-state index >= 15 is 0 Å². The Kier molecular flexibility index (Phi) is 1.96. The van der Waals surface area contributed by atoms with Gasteiger partial charge in [0.05, 0.1) is 0 Å². The average molecular weight is 205 g/mol. The predicted molar refractivity (Wildman–Crippen MR) is 59.9 cm³/mol. The summed E-state index contributed by atoms with van der Waals surface area (Å²) in [4.78, 5) is 0. The summed E-state index contributed by atoms with van der Waals surface area (Å²) in [6, 6.07) is 5.05. The van der Waals surface area contributed by atoms with Crippen LogP contribution in [0.15, 0.2) is 16.5 Å². The summed E-state index contributed by atoms with van der Waals surface area (Å²) in [7, 11) is 0. The Bertz CT molecular complexity index is 366. The first-order valence-corrected chi connectivity index (χ1v) is 5.99. The maximum atomic E-state index is 5.74. The van der Waals surface area contributed by atoms with Crippen LogP contribution in [0.1, 0.15) is 37.7 Å². The average Bonchev–Trinajstić information content (AvgIpc) is 3.07. The van der Waals surface area contributed by atoms with Crippen LogP contribution in [0.4, 0.5) is 0 Å². The van der Waals surface area contributed by atoms with Gasteiger partial charge in [0.25, 0.3) is 0 Å². The van der Waals surface area contributed by atoms with Gasteiger partial charge in [0, 0.05) is 11.5 Å². The third-order valence-corrected chi connectivity index (χ3v) is 3.94. The van der Waals surface area contributed by atoms with Crippen molar-refractivity contribution < 1.29 is 4.42 Å². The molecule has 2 aliphatic rings. The van der Waals surface area contributed by atoms with E-state index in [1.54, 1.807) is 0 Å². The maximum Gasteiger partial charge on any atom is 0.110 e. The normalized spacial score (nSPS) is 34.4. The number of rotatable bonds is 4. The van der Waals surface area contributed by atoms with Gasteiger partial charge in [0.15, 0.2) is 0 Å². The van der Waals surface area contributed by atoms with Gasteiger partial charge in [-0.2, -0.15) is 0 Å². The molecule has 0 amide bonds. The highest BCUT2D eigenvalue weighted by molar-refractivity contribution is 5.26. The van der Waals surface area contributed by atoms with Gasteiger partial charge in [-0.25, -0.2) is 0 Å². The van der Waals surface area contributed by atoms with Crippen LogP contribution in [0.5, 0.6) is 0 Å². The van der Waals surface area contributed by atoms with Crippen molar-refractivity contribution >= 4 is 0 Å². The number of furan rings is 1. The van der Waals surface area contributed by atoms with Crippen molar-refractivity contribution in [2.75, 3.05) is 6.54 Å². The third-order valence-electron chi connectivity index (χ3n) is 3.94. The smallest absolute Gasteiger partial charge is 0.110 e. The lowest BCUT2D eigenvalue weighted by molar-refractivity contribution is 0.425. The second-order valence-corrected chi connectivity index (χ2v) is 5.41. The van der Waals surface area contributed by atoms with E-state index in [9.17, 15) is 0 Å². The van der Waals surface area contributed by atoms with Crippen molar-refractivity contribution in [1.82, 2.24) is 5.32 Å². The number of hydrogen-bond acceptors (Lipinski definition) is 2. The van der Waals surface area contributed by atoms with E-state index in [-0.39, 0.29) is 0 Å². The predicted octanol–water partition coefficient (Wildman–Crippen LogP) is 2.62. The van der Waals surface area contributed by atoms with Crippen molar-refractivity contribution in [2.24, 2.45) is 5.92 Å². The van der Waals surface area contributed by atoms with E-state index in [2.05, 4.69) is 24.4 Å². The molecule has 82 valence electrons. The summed E-state index contributed by atoms with van der Waals surface area (Å²) >= 11 is 0. The third kappa shape index (κ3) is 1.71. The minimum atomic E-state index is 0.316. The van der Waals surface area contributed by atoms with Crippen LogP contribution >= 0.6 is 0 Å². The van der Waals surface area contributed by atoms with Crippen molar-refractivity contribution in [3.05, 3.63) is 23.7 Å². The highest BCUT2D eigenvalue weighted by atomic mass is 16.3. The Labute approximate surface area is 91.0 Å². The topological polar surface area (TPSA) is 25.2 Å². The maximum absolute atomic E-state index is 5.74. The first-order valence-electron chi connectivity index (χ1n) is 5.99. The van der Waals surface area contributed by atoms with E-state index in [0.717, 1.165) is 17.7 Å². The zero-order chi connectivity index (χ0) is 10.5. The summed E-state index contributed by atoms with van der Waals surface area (Å²) in [6.45, 7) is 5.51. The summed E-state index contributed by atoms with van der Waals surface area (Å²) in [5.74, 6) is 3.00. The molecule has 1 aromatic rings. The molecule has 1 N–H and O–H groups in total. The van der Waals surface area contributed by atoms with Gasteiger partial charge in [-0.05, 0) is 50.8 Å². The minimum absolute atomic E-state index is 0.316. The lowest BCUT2D eigenvalue weighted by atomic mass is 10.0. The fourth-order valence-corrected chi connectivity index (χ4v) is 2.39. The van der Waals surface area contributed by atoms with E-state index in [1.807, 2.05) is 6.92 Å². The molecular formula is C13H19NO. The molecular weight excluding hydrogens is 186 g/mol. The SMILES string of the molecule is Cc1ccc(C2(C)CC2CNC2CC2)o1. The Hall–Kier alpha value is -0.760. The molecule has 1 aromatic heterocycles. The zero-order valence-electron chi connectivity index (χ0n) is 9.55. The largest absolute Gasteiger partial charge is 0.466 e. The van der Waals surface area contributed by atoms with Gasteiger partial charge >= 0.3 is 0 Å². The van der Waals surface area contributed by atoms with Crippen molar-refractivity contribution in [3.8, 4) is 0 Å². The van der Waals surface area contributed by atoms with Gasteiger partial charge in [0.2, 0.25) is 0 Å². The van der Waals surface area contributed by atoms with Crippen LogP contribution in [-0.4, -0.2) is 12.6 Å². The molecule has 0 saturated heterocycles. The van der Waals surface area contributed by atoms with Gasteiger partial charge in [0.1, 0.15) is 11.5 Å². The second-order valence-electron chi connectivity index (χ2n) is 5.41. The number of nitrogens with one attached hydrogen (secondary N) is 1. The Balaban J connectivity index is 1.61. The van der Waals surface area contributed by atoms with Crippen LogP contribution in [0, 0.1) is 12.8 Å². The molecule has 15 heavy (non-hydrogen) atoms. The van der Waals surface area contributed by atoms with E-state index in [1.165, 1.54) is 31.6 Å². The zero-order valence-corrected chi connectivity index (χ0v) is 9.55. The fraction of sp³-hybridized carbons (Fsp3) is 0.692. The summed E-state index contributed by atoms with van der Waals surface area (Å²) in [6.07, 6.45) is 4.03. The number of aryl methyl sites for hydroxylation is 1. The second kappa shape index (κ2) is 3.11. The molecule has 2 saturated carbocycles. The van der Waals surface area contributed by atoms with Crippen LogP contribution in [0.2, 0.25) is 0 Å². The molecule has 1 heterocycles. The van der Waals surface area contributed by atoms with Gasteiger partial charge < -0.3 is 9.73 Å². The quantitative estimate of drug-likeness (QED) is 0.817. The van der Waals surface area contributed by atoms with E-state index in [0.29, 0.717) is 5.41 Å². The van der Waals surface area contributed by atoms with Gasteiger partial charge in [-0.15, -0.1) is 0 Å². The lowest BCUT2D eigenvalue weighted by Crippen LogP contribution is -2.21. The molecule has 2 aliphatic carbocycles. The molecule has 2 heteroatoms. The molecule has 2 fully saturated rings. The van der Waals surface area contributed by atoms with Crippen molar-refractivity contribution in [2.45, 2.75) is 44.6 Å². The van der Waals surface area contributed by atoms with Crippen molar-refractivity contribution in [3.63, 3.8) is 0 Å². The van der Waals surface area contributed by atoms with Crippen molar-refractivity contribution in [1.29, 1.82) is 0 Å². The molecule has 0 aromatic carbocycles. The van der Waals surface area contributed by atoms with Crippen LogP contribution in [-0.2, 0) is 5.41 Å². The van der Waals surface area contributed by atoms with E-state index < -0.39 is 0 Å². The first kappa shape index (κ1) is 9.46. The standard InChI is InChI=1S/C13H19NO/c1-9-3-6-12(15-9)13(2)7-10(13)8-14-11-4-5-11/h3,6,10-11,14H,4-5,7-8H2,1-2H3. The van der Waals surface area contributed by atoms with Crippen LogP contribution in [0.3, 0.4) is 0 Å². The summed E-state index contributed by atoms with van der Waals surface area (Å²) < 4.78 is 5.74. The molecule has 0 spiro atoms. The summed E-state index contributed by atoms with van der Waals surface area (Å²) in [5.41, 5.74) is 0.316. The summed E-state index contributed by atoms with van der Waals surface area (Å²) in [5, 5.41) is 3.61. The molecule has 0 radical (unpaired) electrons. The molecule has 0 bridgehead atoms. The Morgan fingerprint density at radius 1 is 1.47 bits per heavy atom. The Morgan fingerprint density at radius 3 is 2.87 bits per heavy atom. The van der Waals surface area contributed by atoms with Gasteiger partial charge in [-0.3, -0.25) is 0 Å². The fourth-order valence-electron chi connectivity index (χ4n) is 2.39. The first-order chi connectivity index (χ1) is 7.18. The molecule has 0 aliphatic heterocycles.